The van der Waals surface area contributed by atoms with Gasteiger partial charge in [-0.25, -0.2) is 0 Å². The minimum absolute atomic E-state index is 0.675. The molecule has 0 amide bonds. The Hall–Kier alpha value is -0.503. The van der Waals surface area contributed by atoms with Gasteiger partial charge in [0.25, 0.3) is 0 Å². The van der Waals surface area contributed by atoms with Gasteiger partial charge in [0.1, 0.15) is 0 Å². The quantitative estimate of drug-likeness (QED) is 0.500. The van der Waals surface area contributed by atoms with Crippen molar-refractivity contribution < 1.29 is 4.43 Å². The Balaban J connectivity index is 2.68. The summed E-state index contributed by atoms with van der Waals surface area (Å²) in [4.78, 5) is 0. The average molecular weight is 210 g/mol. The number of hydrogen-bond acceptors (Lipinski definition) is 1. The van der Waals surface area contributed by atoms with Gasteiger partial charge in [-0.05, 0) is 37.6 Å². The highest BCUT2D eigenvalue weighted by Crippen LogP contribution is 2.29. The molecule has 0 atom stereocenters. The summed E-state index contributed by atoms with van der Waals surface area (Å²) >= 11 is 0. The van der Waals surface area contributed by atoms with Gasteiger partial charge in [-0.15, -0.1) is 0 Å². The molecule has 14 heavy (non-hydrogen) atoms. The van der Waals surface area contributed by atoms with E-state index in [4.69, 9.17) is 4.43 Å². The Kier molecular flexibility index (Phi) is 3.59. The van der Waals surface area contributed by atoms with Gasteiger partial charge in [-0.3, -0.25) is 0 Å². The van der Waals surface area contributed by atoms with Gasteiger partial charge in [0.2, 0.25) is 8.32 Å². The van der Waals surface area contributed by atoms with Crippen LogP contribution in [0.4, 0.5) is 0 Å². The van der Waals surface area contributed by atoms with Crippen molar-refractivity contribution in [2.24, 2.45) is 0 Å². The topological polar surface area (TPSA) is 9.23 Å². The summed E-state index contributed by atoms with van der Waals surface area (Å²) in [6, 6.07) is 0. The number of allylic oxidation sites excluding steroid dienone is 3. The molecule has 0 aliphatic heterocycles. The zero-order chi connectivity index (χ0) is 10.8. The van der Waals surface area contributed by atoms with E-state index in [1.807, 2.05) is 0 Å². The first-order chi connectivity index (χ1) is 6.43. The summed E-state index contributed by atoms with van der Waals surface area (Å²) in [6.07, 6.45) is 6.51. The van der Waals surface area contributed by atoms with E-state index in [-0.39, 0.29) is 0 Å². The molecule has 0 spiro atoms. The van der Waals surface area contributed by atoms with Gasteiger partial charge in [-0.2, -0.15) is 0 Å². The predicted molar refractivity (Wildman–Crippen MR) is 64.7 cm³/mol. The molecule has 0 fully saturated rings. The minimum Gasteiger partial charge on any atom is -0.547 e. The van der Waals surface area contributed by atoms with Gasteiger partial charge in [0, 0.05) is 6.42 Å². The van der Waals surface area contributed by atoms with Crippen molar-refractivity contribution in [1.82, 2.24) is 0 Å². The highest BCUT2D eigenvalue weighted by molar-refractivity contribution is 6.72. The van der Waals surface area contributed by atoms with Crippen LogP contribution >= 0.6 is 0 Å². The van der Waals surface area contributed by atoms with Crippen LogP contribution in [-0.2, 0) is 4.43 Å². The monoisotopic (exact) mass is 210 g/mol. The second kappa shape index (κ2) is 4.35. The lowest BCUT2D eigenvalue weighted by Crippen LogP contribution is -2.34. The van der Waals surface area contributed by atoms with E-state index < -0.39 is 8.32 Å². The molecule has 0 aromatic heterocycles. The molecule has 0 radical (unpaired) electrons. The highest BCUT2D eigenvalue weighted by Gasteiger charge is 2.30. The van der Waals surface area contributed by atoms with E-state index in [1.165, 1.54) is 11.3 Å². The lowest BCUT2D eigenvalue weighted by atomic mass is 10.1. The summed E-state index contributed by atoms with van der Waals surface area (Å²) in [5.41, 5.74) is 2.09. The van der Waals surface area contributed by atoms with Crippen molar-refractivity contribution in [3.63, 3.8) is 0 Å². The van der Waals surface area contributed by atoms with Gasteiger partial charge in [0.15, 0.2) is 0 Å². The van der Waals surface area contributed by atoms with Gasteiger partial charge < -0.3 is 4.43 Å². The van der Waals surface area contributed by atoms with Crippen LogP contribution in [-0.4, -0.2) is 8.32 Å². The fourth-order valence-electron chi connectivity index (χ4n) is 1.30. The molecular weight excluding hydrogens is 188 g/mol. The third-order valence-electron chi connectivity index (χ3n) is 3.15. The molecule has 0 saturated carbocycles. The summed E-state index contributed by atoms with van der Waals surface area (Å²) in [6.45, 7) is 11.3. The molecule has 1 nitrogen and oxygen atoms in total. The molecule has 0 bridgehead atoms. The molecular formula is C12H22OSi. The fraction of sp³-hybridized carbons (Fsp3) is 0.667. The van der Waals surface area contributed by atoms with Gasteiger partial charge >= 0.3 is 0 Å². The molecule has 1 aliphatic carbocycles. The fourth-order valence-corrected chi connectivity index (χ4v) is 2.43. The van der Waals surface area contributed by atoms with Crippen molar-refractivity contribution in [2.45, 2.75) is 52.2 Å². The van der Waals surface area contributed by atoms with E-state index in [9.17, 15) is 0 Å². The average Bonchev–Trinajstić information content (AvgIpc) is 2.08. The maximum atomic E-state index is 6.22. The highest BCUT2D eigenvalue weighted by atomic mass is 28.4. The molecule has 80 valence electrons. The maximum Gasteiger partial charge on any atom is 0.247 e. The van der Waals surface area contributed by atoms with Crippen LogP contribution in [0.2, 0.25) is 18.6 Å². The lowest BCUT2D eigenvalue weighted by molar-refractivity contribution is 0.387. The summed E-state index contributed by atoms with van der Waals surface area (Å²) in [7, 11) is -1.50. The number of rotatable bonds is 3. The molecule has 0 aromatic carbocycles. The van der Waals surface area contributed by atoms with Crippen molar-refractivity contribution >= 4 is 8.32 Å². The first-order valence-corrected chi connectivity index (χ1v) is 8.44. The second-order valence-electron chi connectivity index (χ2n) is 4.94. The van der Waals surface area contributed by atoms with Crippen LogP contribution in [0, 0.1) is 0 Å². The standard InChI is InChI=1S/C12H22OSi/c1-10(2)14(4,5)13-12-9-7-6-8-11(12)3/h6-7,10H,8-9H2,1-5H3. The molecule has 2 heteroatoms. The van der Waals surface area contributed by atoms with Crippen LogP contribution < -0.4 is 0 Å². The zero-order valence-electron chi connectivity index (χ0n) is 10.1. The molecule has 1 rings (SSSR count). The van der Waals surface area contributed by atoms with Crippen molar-refractivity contribution in [3.8, 4) is 0 Å². The van der Waals surface area contributed by atoms with E-state index in [1.54, 1.807) is 0 Å². The predicted octanol–water partition coefficient (Wildman–Crippen LogP) is 4.24. The van der Waals surface area contributed by atoms with E-state index >= 15 is 0 Å². The van der Waals surface area contributed by atoms with Crippen molar-refractivity contribution in [1.29, 1.82) is 0 Å². The normalized spacial score (nSPS) is 17.9. The van der Waals surface area contributed by atoms with E-state index in [0.717, 1.165) is 12.8 Å². The maximum absolute atomic E-state index is 6.22. The largest absolute Gasteiger partial charge is 0.547 e. The van der Waals surface area contributed by atoms with E-state index in [0.29, 0.717) is 5.54 Å². The van der Waals surface area contributed by atoms with Crippen LogP contribution in [0.15, 0.2) is 23.5 Å². The van der Waals surface area contributed by atoms with E-state index in [2.05, 4.69) is 46.0 Å². The third kappa shape index (κ3) is 2.74. The molecule has 0 aromatic rings. The Labute approximate surface area is 89.0 Å². The summed E-state index contributed by atoms with van der Waals surface area (Å²) in [5, 5.41) is 0. The Morgan fingerprint density at radius 1 is 1.21 bits per heavy atom. The number of hydrogen-bond donors (Lipinski definition) is 0. The van der Waals surface area contributed by atoms with Crippen LogP contribution in [0.3, 0.4) is 0 Å². The van der Waals surface area contributed by atoms with Gasteiger partial charge in [0.05, 0.1) is 5.76 Å². The Bertz CT molecular complexity index is 261. The van der Waals surface area contributed by atoms with Crippen LogP contribution in [0.1, 0.15) is 33.6 Å². The van der Waals surface area contributed by atoms with Gasteiger partial charge in [-0.1, -0.05) is 26.0 Å². The first-order valence-electron chi connectivity index (χ1n) is 5.46. The summed E-state index contributed by atoms with van der Waals surface area (Å²) < 4.78 is 6.22. The molecule has 1 aliphatic rings. The van der Waals surface area contributed by atoms with Crippen LogP contribution in [0.5, 0.6) is 0 Å². The minimum atomic E-state index is -1.50. The Morgan fingerprint density at radius 2 is 1.79 bits per heavy atom. The molecule has 0 saturated heterocycles. The van der Waals surface area contributed by atoms with Crippen molar-refractivity contribution in [2.75, 3.05) is 0 Å². The molecule has 0 N–H and O–H groups in total. The zero-order valence-corrected chi connectivity index (χ0v) is 11.1. The van der Waals surface area contributed by atoms with Crippen molar-refractivity contribution in [3.05, 3.63) is 23.5 Å². The second-order valence-corrected chi connectivity index (χ2v) is 9.51. The first kappa shape index (κ1) is 11.6. The lowest BCUT2D eigenvalue weighted by Gasteiger charge is -2.31. The smallest absolute Gasteiger partial charge is 0.247 e. The Morgan fingerprint density at radius 3 is 2.29 bits per heavy atom. The molecule has 0 heterocycles. The SMILES string of the molecule is CC1=C(O[Si](C)(C)C(C)C)CC=CC1. The molecule has 0 unspecified atom stereocenters. The third-order valence-corrected chi connectivity index (χ3v) is 6.70. The summed E-state index contributed by atoms with van der Waals surface area (Å²) in [5.74, 6) is 1.23. The van der Waals surface area contributed by atoms with Crippen LogP contribution in [0.25, 0.3) is 0 Å².